The largest absolute Gasteiger partial charge is 0.383 e. The van der Waals surface area contributed by atoms with E-state index in [1.54, 1.807) is 7.11 Å². The molecular formula is C9H19NO. The highest BCUT2D eigenvalue weighted by Gasteiger charge is 2.20. The van der Waals surface area contributed by atoms with Crippen LogP contribution in [0.25, 0.3) is 0 Å². The summed E-state index contributed by atoms with van der Waals surface area (Å²) in [5.41, 5.74) is 0. The van der Waals surface area contributed by atoms with Gasteiger partial charge in [-0.05, 0) is 25.8 Å². The number of nitrogens with one attached hydrogen (secondary N) is 1. The molecular weight excluding hydrogens is 138 g/mol. The van der Waals surface area contributed by atoms with Crippen LogP contribution in [0.1, 0.15) is 26.2 Å². The fourth-order valence-corrected chi connectivity index (χ4v) is 1.25. The second-order valence-electron chi connectivity index (χ2n) is 3.54. The molecule has 0 aromatic rings. The van der Waals surface area contributed by atoms with E-state index in [2.05, 4.69) is 12.2 Å². The highest BCUT2D eigenvalue weighted by atomic mass is 16.5. The van der Waals surface area contributed by atoms with Gasteiger partial charge < -0.3 is 10.1 Å². The molecule has 0 bridgehead atoms. The van der Waals surface area contributed by atoms with E-state index in [-0.39, 0.29) is 0 Å². The second-order valence-corrected chi connectivity index (χ2v) is 3.54. The number of methoxy groups -OCH3 is 1. The van der Waals surface area contributed by atoms with Gasteiger partial charge in [-0.25, -0.2) is 0 Å². The summed E-state index contributed by atoms with van der Waals surface area (Å²) in [5.74, 6) is 1.04. The molecule has 1 aliphatic rings. The molecule has 1 unspecified atom stereocenters. The van der Waals surface area contributed by atoms with E-state index < -0.39 is 0 Å². The van der Waals surface area contributed by atoms with Crippen molar-refractivity contribution in [1.82, 2.24) is 5.32 Å². The first-order valence-corrected chi connectivity index (χ1v) is 4.55. The molecule has 0 radical (unpaired) electrons. The summed E-state index contributed by atoms with van der Waals surface area (Å²) in [6, 6.07) is 0.513. The first-order chi connectivity index (χ1) is 5.33. The molecule has 66 valence electrons. The van der Waals surface area contributed by atoms with Gasteiger partial charge >= 0.3 is 0 Å². The number of ether oxygens (including phenoxy) is 1. The van der Waals surface area contributed by atoms with Gasteiger partial charge in [-0.1, -0.05) is 12.8 Å². The Kier molecular flexibility index (Phi) is 3.87. The highest BCUT2D eigenvalue weighted by Crippen LogP contribution is 2.31. The molecule has 11 heavy (non-hydrogen) atoms. The van der Waals surface area contributed by atoms with Gasteiger partial charge in [0, 0.05) is 13.2 Å². The van der Waals surface area contributed by atoms with Crippen molar-refractivity contribution in [3.8, 4) is 0 Å². The average Bonchev–Trinajstić information content (AvgIpc) is 2.72. The molecule has 0 saturated heterocycles. The standard InChI is InChI=1S/C9H19NO/c1-8(7-11-2)10-6-5-9-3-4-9/h8-10H,3-7H2,1-2H3. The van der Waals surface area contributed by atoms with Crippen molar-refractivity contribution in [1.29, 1.82) is 0 Å². The minimum absolute atomic E-state index is 0.513. The predicted molar refractivity (Wildman–Crippen MR) is 46.7 cm³/mol. The molecule has 2 nitrogen and oxygen atoms in total. The minimum atomic E-state index is 0.513. The Bertz CT molecular complexity index is 102. The first-order valence-electron chi connectivity index (χ1n) is 4.55. The molecule has 0 aromatic carbocycles. The predicted octanol–water partition coefficient (Wildman–Crippen LogP) is 1.41. The fraction of sp³-hybridized carbons (Fsp3) is 1.00. The van der Waals surface area contributed by atoms with Crippen molar-refractivity contribution in [3.05, 3.63) is 0 Å². The molecule has 1 N–H and O–H groups in total. The third-order valence-corrected chi connectivity index (χ3v) is 2.16. The summed E-state index contributed by atoms with van der Waals surface area (Å²) in [7, 11) is 1.75. The van der Waals surface area contributed by atoms with Crippen LogP contribution in [0, 0.1) is 5.92 Å². The normalized spacial score (nSPS) is 20.2. The van der Waals surface area contributed by atoms with Gasteiger partial charge in [-0.2, -0.15) is 0 Å². The van der Waals surface area contributed by atoms with Crippen LogP contribution in [0.15, 0.2) is 0 Å². The van der Waals surface area contributed by atoms with Gasteiger partial charge in [-0.15, -0.1) is 0 Å². The molecule has 0 aromatic heterocycles. The van der Waals surface area contributed by atoms with Gasteiger partial charge in [0.2, 0.25) is 0 Å². The van der Waals surface area contributed by atoms with E-state index in [9.17, 15) is 0 Å². The first kappa shape index (κ1) is 9.01. The SMILES string of the molecule is COCC(C)NCCC1CC1. The maximum atomic E-state index is 5.01. The maximum absolute atomic E-state index is 5.01. The monoisotopic (exact) mass is 157 g/mol. The van der Waals surface area contributed by atoms with Gasteiger partial charge in [0.25, 0.3) is 0 Å². The lowest BCUT2D eigenvalue weighted by atomic mass is 10.2. The third kappa shape index (κ3) is 4.38. The van der Waals surface area contributed by atoms with E-state index in [1.807, 2.05) is 0 Å². The Balaban J connectivity index is 1.84. The van der Waals surface area contributed by atoms with Gasteiger partial charge in [-0.3, -0.25) is 0 Å². The van der Waals surface area contributed by atoms with Gasteiger partial charge in [0.05, 0.1) is 6.61 Å². The van der Waals surface area contributed by atoms with Crippen LogP contribution in [0.3, 0.4) is 0 Å². The molecule has 0 amide bonds. The maximum Gasteiger partial charge on any atom is 0.0613 e. The fourth-order valence-electron chi connectivity index (χ4n) is 1.25. The van der Waals surface area contributed by atoms with E-state index in [1.165, 1.54) is 19.3 Å². The van der Waals surface area contributed by atoms with Crippen LogP contribution in [0.4, 0.5) is 0 Å². The Labute approximate surface area is 69.3 Å². The van der Waals surface area contributed by atoms with Crippen molar-refractivity contribution in [2.45, 2.75) is 32.2 Å². The van der Waals surface area contributed by atoms with Crippen LogP contribution in [-0.4, -0.2) is 26.3 Å². The van der Waals surface area contributed by atoms with Crippen LogP contribution < -0.4 is 5.32 Å². The van der Waals surface area contributed by atoms with Gasteiger partial charge in [0.1, 0.15) is 0 Å². The zero-order valence-corrected chi connectivity index (χ0v) is 7.60. The van der Waals surface area contributed by atoms with Crippen LogP contribution >= 0.6 is 0 Å². The Morgan fingerprint density at radius 2 is 2.27 bits per heavy atom. The van der Waals surface area contributed by atoms with Crippen molar-refractivity contribution in [2.75, 3.05) is 20.3 Å². The van der Waals surface area contributed by atoms with Crippen LogP contribution in [-0.2, 0) is 4.74 Å². The average molecular weight is 157 g/mol. The minimum Gasteiger partial charge on any atom is -0.383 e. The molecule has 1 rings (SSSR count). The molecule has 1 atom stereocenters. The summed E-state index contributed by atoms with van der Waals surface area (Å²) < 4.78 is 5.01. The zero-order chi connectivity index (χ0) is 8.10. The summed E-state index contributed by atoms with van der Waals surface area (Å²) in [4.78, 5) is 0. The lowest BCUT2D eigenvalue weighted by Crippen LogP contribution is -2.31. The summed E-state index contributed by atoms with van der Waals surface area (Å²) >= 11 is 0. The second kappa shape index (κ2) is 4.73. The number of hydrogen-bond donors (Lipinski definition) is 1. The molecule has 0 heterocycles. The van der Waals surface area contributed by atoms with E-state index >= 15 is 0 Å². The van der Waals surface area contributed by atoms with Crippen molar-refractivity contribution >= 4 is 0 Å². The van der Waals surface area contributed by atoms with E-state index in [0.29, 0.717) is 6.04 Å². The van der Waals surface area contributed by atoms with Gasteiger partial charge in [0.15, 0.2) is 0 Å². The molecule has 1 saturated carbocycles. The number of hydrogen-bond acceptors (Lipinski definition) is 2. The Hall–Kier alpha value is -0.0800. The topological polar surface area (TPSA) is 21.3 Å². The van der Waals surface area contributed by atoms with Crippen molar-refractivity contribution < 1.29 is 4.74 Å². The van der Waals surface area contributed by atoms with Crippen molar-refractivity contribution in [2.24, 2.45) is 5.92 Å². The van der Waals surface area contributed by atoms with Crippen LogP contribution in [0.5, 0.6) is 0 Å². The molecule has 0 spiro atoms. The zero-order valence-electron chi connectivity index (χ0n) is 7.60. The lowest BCUT2D eigenvalue weighted by Gasteiger charge is -2.11. The highest BCUT2D eigenvalue weighted by molar-refractivity contribution is 4.74. The molecule has 0 aliphatic heterocycles. The van der Waals surface area contributed by atoms with E-state index in [4.69, 9.17) is 4.74 Å². The summed E-state index contributed by atoms with van der Waals surface area (Å²) in [6.45, 7) is 4.15. The smallest absolute Gasteiger partial charge is 0.0613 e. The summed E-state index contributed by atoms with van der Waals surface area (Å²) in [5, 5.41) is 3.43. The third-order valence-electron chi connectivity index (χ3n) is 2.16. The quantitative estimate of drug-likeness (QED) is 0.629. The molecule has 1 fully saturated rings. The molecule has 1 aliphatic carbocycles. The number of rotatable bonds is 6. The Morgan fingerprint density at radius 3 is 2.82 bits per heavy atom. The summed E-state index contributed by atoms with van der Waals surface area (Å²) in [6.07, 6.45) is 4.27. The van der Waals surface area contributed by atoms with Crippen LogP contribution in [0.2, 0.25) is 0 Å². The molecule has 2 heteroatoms. The van der Waals surface area contributed by atoms with E-state index in [0.717, 1.165) is 19.1 Å². The lowest BCUT2D eigenvalue weighted by molar-refractivity contribution is 0.172. The van der Waals surface area contributed by atoms with Crippen molar-refractivity contribution in [3.63, 3.8) is 0 Å². The Morgan fingerprint density at radius 1 is 1.55 bits per heavy atom.